The lowest BCUT2D eigenvalue weighted by atomic mass is 10.00. The number of hydrogen-bond acceptors (Lipinski definition) is 10. The molecule has 0 saturated carbocycles. The summed E-state index contributed by atoms with van der Waals surface area (Å²) in [6.45, 7) is 14.3. The number of furan rings is 5. The molecule has 11 aromatic carbocycles. The van der Waals surface area contributed by atoms with E-state index in [1.54, 1.807) is 48.9 Å². The van der Waals surface area contributed by atoms with Gasteiger partial charge < -0.3 is 22.1 Å². The minimum Gasteiger partial charge on any atom is -0.456 e. The van der Waals surface area contributed by atoms with Crippen molar-refractivity contribution in [3.8, 4) is 62.0 Å². The number of fused-ring (bicyclic) bond motifs is 18. The molecule has 21 heteroatoms. The third-order valence-corrected chi connectivity index (χ3v) is 23.3. The fraction of sp³-hybridized carbons (Fsp3) is 0.115. The Balaban J connectivity index is 0.000000103. The highest BCUT2D eigenvalue weighted by Gasteiger charge is 2.29. The van der Waals surface area contributed by atoms with Gasteiger partial charge in [0, 0.05) is 124 Å². The highest BCUT2D eigenvalue weighted by atomic mass is 19.1. The average molecular weight is 1660 g/mol. The minimum atomic E-state index is -0.299. The fourth-order valence-corrected chi connectivity index (χ4v) is 17.2. The van der Waals surface area contributed by atoms with E-state index in [4.69, 9.17) is 22.1 Å². The average Bonchev–Trinajstić information content (AvgIpc) is 1.55. The number of benzene rings is 11. The van der Waals surface area contributed by atoms with E-state index in [9.17, 15) is 22.0 Å². The van der Waals surface area contributed by atoms with Crippen LogP contribution in [0.3, 0.4) is 0 Å². The van der Waals surface area contributed by atoms with Crippen molar-refractivity contribution in [3.63, 3.8) is 0 Å². The predicted molar refractivity (Wildman–Crippen MR) is 478 cm³/mol. The molecule has 0 aliphatic rings. The Hall–Kier alpha value is -15.5. The van der Waals surface area contributed by atoms with Gasteiger partial charge in [-0.15, -0.1) is 0 Å². The highest BCUT2D eigenvalue weighted by molar-refractivity contribution is 6.14. The Morgan fingerprint density at radius 2 is 0.712 bits per heavy atom. The highest BCUT2D eigenvalue weighted by Crippen LogP contribution is 2.43. The summed E-state index contributed by atoms with van der Waals surface area (Å²) in [5, 5.41) is 11.9. The molecule has 0 amide bonds. The Morgan fingerprint density at radius 3 is 1.23 bits per heavy atom. The van der Waals surface area contributed by atoms with Crippen LogP contribution in [0.4, 0.5) is 22.0 Å². The lowest BCUT2D eigenvalue weighted by Gasteiger charge is -2.08. The molecule has 0 saturated heterocycles. The van der Waals surface area contributed by atoms with Gasteiger partial charge in [0.2, 0.25) is 17.1 Å². The van der Waals surface area contributed by atoms with Crippen molar-refractivity contribution in [2.24, 2.45) is 35.2 Å². The van der Waals surface area contributed by atoms with Crippen molar-refractivity contribution < 1.29 is 66.9 Å². The first kappa shape index (κ1) is 79.3. The molecule has 0 fully saturated rings. The van der Waals surface area contributed by atoms with Crippen LogP contribution in [0.5, 0.6) is 0 Å². The fourth-order valence-electron chi connectivity index (χ4n) is 17.2. The van der Waals surface area contributed by atoms with Gasteiger partial charge in [-0.3, -0.25) is 19.9 Å². The lowest BCUT2D eigenvalue weighted by molar-refractivity contribution is -0.663. The molecule has 23 aromatic rings. The molecule has 0 unspecified atom stereocenters. The Kier molecular flexibility index (Phi) is 20.2. The second-order valence-electron chi connectivity index (χ2n) is 31.8. The van der Waals surface area contributed by atoms with E-state index in [1.165, 1.54) is 71.4 Å². The number of rotatable bonds is 6. The first-order valence-corrected chi connectivity index (χ1v) is 40.6. The van der Waals surface area contributed by atoms with Gasteiger partial charge in [-0.2, -0.15) is 18.3 Å². The third-order valence-electron chi connectivity index (χ3n) is 23.3. The maximum absolute atomic E-state index is 13.8. The summed E-state index contributed by atoms with van der Waals surface area (Å²) in [7, 11) is 9.98. The smallest absolute Gasteiger partial charge is 0.295 e. The van der Waals surface area contributed by atoms with Gasteiger partial charge in [-0.25, -0.2) is 31.1 Å². The molecule has 16 nitrogen and oxygen atoms in total. The number of pyridine rings is 2. The zero-order valence-corrected chi connectivity index (χ0v) is 70.3. The van der Waals surface area contributed by atoms with Crippen LogP contribution < -0.4 is 22.8 Å². The SMILES string of the molecule is Cc1cc(-c2cc(-c3cc4c(cc3C)oc3cc(F)ccc34)[n+](C)cn2)cc(C)n1.Cc1cc2c(cc1-c1cncc[n+]1C)oc1cc(F)ccc12.Cc1cc2oc3cc(F)ccc3c2cc1-c1cncc[n+]1C.Cc1ccc2c(oc3cc(F)ccc32)c1-c1cncc[n+]1C.Cc1ccc2c(oc3cc(F)ccc32)c1-n1c2ccccc2c2ccc[n+](C)c21. The van der Waals surface area contributed by atoms with Crippen LogP contribution in [-0.2, 0) is 35.2 Å². The summed E-state index contributed by atoms with van der Waals surface area (Å²) < 4.78 is 110. The zero-order chi connectivity index (χ0) is 86.5. The quantitative estimate of drug-likeness (QED) is 0.116. The zero-order valence-electron chi connectivity index (χ0n) is 70.3. The van der Waals surface area contributed by atoms with Gasteiger partial charge in [0.05, 0.1) is 79.5 Å². The normalized spacial score (nSPS) is 11.6. The summed E-state index contributed by atoms with van der Waals surface area (Å²) in [5.41, 5.74) is 27.5. The number of hydrogen-bond donors (Lipinski definition) is 0. The van der Waals surface area contributed by atoms with Crippen LogP contribution in [0.2, 0.25) is 0 Å². The molecule has 612 valence electrons. The van der Waals surface area contributed by atoms with E-state index < -0.39 is 0 Å². The molecule has 0 radical (unpaired) electrons. The van der Waals surface area contributed by atoms with Crippen molar-refractivity contribution in [3.05, 3.63) is 343 Å². The number of aryl methyl sites for hydroxylation is 12. The van der Waals surface area contributed by atoms with Gasteiger partial charge >= 0.3 is 0 Å². The van der Waals surface area contributed by atoms with Gasteiger partial charge in [-0.1, -0.05) is 30.3 Å². The van der Waals surface area contributed by atoms with Crippen molar-refractivity contribution in [2.75, 3.05) is 0 Å². The van der Waals surface area contributed by atoms with Crippen molar-refractivity contribution >= 4 is 132 Å². The maximum atomic E-state index is 13.8. The number of para-hydroxylation sites is 1. The van der Waals surface area contributed by atoms with Crippen LogP contribution in [0, 0.1) is 77.6 Å². The van der Waals surface area contributed by atoms with E-state index in [0.29, 0.717) is 27.9 Å². The van der Waals surface area contributed by atoms with E-state index >= 15 is 0 Å². The van der Waals surface area contributed by atoms with Gasteiger partial charge in [0.1, 0.15) is 112 Å². The second kappa shape index (κ2) is 31.8. The minimum absolute atomic E-state index is 0.290. The van der Waals surface area contributed by atoms with Crippen LogP contribution in [0.15, 0.2) is 297 Å². The molecule has 0 bridgehead atoms. The van der Waals surface area contributed by atoms with E-state index in [1.807, 2.05) is 154 Å². The summed E-state index contributed by atoms with van der Waals surface area (Å²) in [6, 6.07) is 62.7. The topological polar surface area (TPSA) is 154 Å². The van der Waals surface area contributed by atoms with E-state index in [0.717, 1.165) is 194 Å². The predicted octanol–water partition coefficient (Wildman–Crippen LogP) is 23.3. The second-order valence-corrected chi connectivity index (χ2v) is 31.8. The van der Waals surface area contributed by atoms with Crippen molar-refractivity contribution in [1.29, 1.82) is 0 Å². The largest absolute Gasteiger partial charge is 0.456 e. The molecule has 125 heavy (non-hydrogen) atoms. The Morgan fingerprint density at radius 1 is 0.304 bits per heavy atom. The van der Waals surface area contributed by atoms with Crippen molar-refractivity contribution in [1.82, 2.24) is 29.5 Å². The van der Waals surface area contributed by atoms with Gasteiger partial charge in [-0.05, 0) is 215 Å². The number of nitrogens with zero attached hydrogens (tertiary/aromatic N) is 11. The van der Waals surface area contributed by atoms with E-state index in [2.05, 4.69) is 147 Å². The summed E-state index contributed by atoms with van der Waals surface area (Å²) >= 11 is 0. The Labute approximate surface area is 712 Å². The molecule has 12 heterocycles. The number of halogens is 5. The monoisotopic (exact) mass is 1660 g/mol. The van der Waals surface area contributed by atoms with Gasteiger partial charge in [0.25, 0.3) is 12.0 Å². The molecule has 0 atom stereocenters. The van der Waals surface area contributed by atoms with Crippen LogP contribution in [0.25, 0.3) is 194 Å². The molecular weight excluding hydrogens is 1580 g/mol. The van der Waals surface area contributed by atoms with Crippen LogP contribution in [-0.4, -0.2) is 29.5 Å². The van der Waals surface area contributed by atoms with Gasteiger partial charge in [0.15, 0.2) is 35.6 Å². The first-order chi connectivity index (χ1) is 60.4. The molecule has 0 aliphatic heterocycles. The summed E-state index contributed by atoms with van der Waals surface area (Å²) in [5.74, 6) is -1.47. The molecule has 12 aromatic heterocycles. The molecule has 0 spiro atoms. The third kappa shape index (κ3) is 14.6. The summed E-state index contributed by atoms with van der Waals surface area (Å²) in [4.78, 5) is 21.7. The Bertz CT molecular complexity index is 8290. The van der Waals surface area contributed by atoms with E-state index in [-0.39, 0.29) is 29.1 Å². The molecule has 0 aliphatic carbocycles. The number of aromatic nitrogens is 11. The van der Waals surface area contributed by atoms with Crippen molar-refractivity contribution in [2.45, 2.75) is 48.5 Å². The maximum Gasteiger partial charge on any atom is 0.295 e. The van der Waals surface area contributed by atoms with Crippen LogP contribution in [0.1, 0.15) is 39.2 Å². The lowest BCUT2D eigenvalue weighted by Crippen LogP contribution is -2.31. The first-order valence-electron chi connectivity index (χ1n) is 40.6. The molecule has 23 rings (SSSR count). The standard InChI is InChI=1S/C25H21FN3O.C25H18FN2O.3C18H14FN2O/c1-14-7-24-21(19-6-5-18(26)10-25(19)30-24)11-20(14)23-12-22(27-13-29(23)4)17-8-15(2)28-16(3)9-17;1-15-9-11-19-18-12-10-16(26)14-22(18)29-24(19)23(15)28-21-8-4-3-6-17(21)20-7-5-13-27(2)25(20)28;1-11-3-5-14-13-6-4-12(19)9-16(13)22-18(14)17(11)15-10-20-7-8-21(15)2;1-11-7-17-15(13-4-3-12(19)8-18(13)22-17)9-14(11)16-10-20-5-6-21(16)2;1-11-7-15-13-4-3-12(19)8-17(13)22-18(15)9-14(11)16-10-20-5-6-21(16)2/h5-13H,1-4H3;3-14H,1-2H3;3*3-10H,1-2H3/q5*+1. The summed E-state index contributed by atoms with van der Waals surface area (Å²) in [6.07, 6.45) is 20.4. The van der Waals surface area contributed by atoms with Crippen LogP contribution >= 0.6 is 0 Å². The molecule has 0 N–H and O–H groups in total. The molecular formula is C104H81F5N11O5+5.